The summed E-state index contributed by atoms with van der Waals surface area (Å²) in [6.07, 6.45) is 0.0997. The Morgan fingerprint density at radius 3 is 2.79 bits per heavy atom. The molecule has 1 N–H and O–H groups in total. The van der Waals surface area contributed by atoms with Crippen molar-refractivity contribution in [3.63, 3.8) is 0 Å². The summed E-state index contributed by atoms with van der Waals surface area (Å²) < 4.78 is 12.4. The van der Waals surface area contributed by atoms with Gasteiger partial charge >= 0.3 is 5.97 Å². The third kappa shape index (κ3) is 5.58. The topological polar surface area (TPSA) is 86.5 Å². The van der Waals surface area contributed by atoms with Crippen molar-refractivity contribution in [1.82, 2.24) is 14.8 Å². The van der Waals surface area contributed by atoms with Crippen LogP contribution in [0.1, 0.15) is 19.7 Å². The monoisotopic (exact) mass is 289 g/mol. The molecule has 0 atom stereocenters. The van der Waals surface area contributed by atoms with E-state index in [4.69, 9.17) is 14.6 Å². The van der Waals surface area contributed by atoms with Crippen molar-refractivity contribution in [2.24, 2.45) is 0 Å². The molecule has 0 saturated heterocycles. The first kappa shape index (κ1) is 15.9. The van der Waals surface area contributed by atoms with Crippen LogP contribution in [0.4, 0.5) is 0 Å². The number of nitrogens with zero attached hydrogens (tertiary/aromatic N) is 3. The van der Waals surface area contributed by atoms with Crippen LogP contribution in [0.2, 0.25) is 0 Å². The predicted octanol–water partition coefficient (Wildman–Crippen LogP) is 1.03. The minimum atomic E-state index is -0.883. The van der Waals surface area contributed by atoms with Crippen LogP contribution in [0.25, 0.3) is 0 Å². The molecule has 7 nitrogen and oxygen atoms in total. The second kappa shape index (κ2) is 8.13. The van der Waals surface area contributed by atoms with E-state index in [2.05, 4.69) is 10.2 Å². The maximum Gasteiger partial charge on any atom is 0.313 e. The van der Waals surface area contributed by atoms with Gasteiger partial charge in [-0.1, -0.05) is 11.8 Å². The van der Waals surface area contributed by atoms with Crippen LogP contribution in [0, 0.1) is 0 Å². The summed E-state index contributed by atoms with van der Waals surface area (Å²) in [6, 6.07) is 0. The van der Waals surface area contributed by atoms with Gasteiger partial charge in [0.25, 0.3) is 0 Å². The number of carboxylic acids is 1. The highest BCUT2D eigenvalue weighted by Gasteiger charge is 2.14. The number of thioether (sulfide) groups is 1. The van der Waals surface area contributed by atoms with Gasteiger partial charge in [0, 0.05) is 13.7 Å². The molecule has 1 aromatic heterocycles. The molecule has 0 unspecified atom stereocenters. The summed E-state index contributed by atoms with van der Waals surface area (Å²) >= 11 is 1.14. The number of methoxy groups -OCH3 is 1. The van der Waals surface area contributed by atoms with E-state index < -0.39 is 5.97 Å². The van der Waals surface area contributed by atoms with Gasteiger partial charge in [-0.05, 0) is 13.8 Å². The van der Waals surface area contributed by atoms with Crippen LogP contribution in [0.3, 0.4) is 0 Å². The first-order chi connectivity index (χ1) is 9.04. The number of aromatic nitrogens is 3. The average molecular weight is 289 g/mol. The normalized spacial score (nSPS) is 11.2. The van der Waals surface area contributed by atoms with E-state index in [1.165, 1.54) is 0 Å². The predicted molar refractivity (Wildman–Crippen MR) is 70.2 cm³/mol. The molecule has 0 amide bonds. The van der Waals surface area contributed by atoms with Gasteiger partial charge in [0.1, 0.15) is 6.61 Å². The van der Waals surface area contributed by atoms with Crippen LogP contribution < -0.4 is 0 Å². The van der Waals surface area contributed by atoms with E-state index in [9.17, 15) is 4.79 Å². The van der Waals surface area contributed by atoms with E-state index in [1.54, 1.807) is 7.11 Å². The maximum absolute atomic E-state index is 10.6. The Morgan fingerprint density at radius 2 is 2.21 bits per heavy atom. The van der Waals surface area contributed by atoms with Gasteiger partial charge in [0.2, 0.25) is 0 Å². The molecule has 1 rings (SSSR count). The van der Waals surface area contributed by atoms with Crippen LogP contribution in [0.15, 0.2) is 5.16 Å². The molecule has 0 saturated carbocycles. The van der Waals surface area contributed by atoms with Gasteiger partial charge in [-0.25, -0.2) is 0 Å². The fourth-order valence-electron chi connectivity index (χ4n) is 1.31. The summed E-state index contributed by atoms with van der Waals surface area (Å²) in [5, 5.41) is 17.3. The number of ether oxygens (including phenoxy) is 2. The number of hydrogen-bond donors (Lipinski definition) is 1. The molecule has 0 aliphatic heterocycles. The molecule has 108 valence electrons. The van der Waals surface area contributed by atoms with Crippen molar-refractivity contribution >= 4 is 17.7 Å². The Labute approximate surface area is 116 Å². The molecular formula is C11H19N3O4S. The number of carbonyl (C=O) groups is 1. The molecule has 0 fully saturated rings. The lowest BCUT2D eigenvalue weighted by Gasteiger charge is -2.10. The Balaban J connectivity index is 2.75. The summed E-state index contributed by atoms with van der Waals surface area (Å²) in [5.41, 5.74) is 0. The zero-order valence-corrected chi connectivity index (χ0v) is 12.1. The molecule has 8 heteroatoms. The second-order valence-corrected chi connectivity index (χ2v) is 5.03. The van der Waals surface area contributed by atoms with Crippen LogP contribution in [0.5, 0.6) is 0 Å². The van der Waals surface area contributed by atoms with Crippen molar-refractivity contribution in [3.8, 4) is 0 Å². The molecule has 0 aliphatic rings. The highest BCUT2D eigenvalue weighted by molar-refractivity contribution is 7.99. The minimum Gasteiger partial charge on any atom is -0.481 e. The zero-order valence-electron chi connectivity index (χ0n) is 11.3. The third-order valence-electron chi connectivity index (χ3n) is 2.18. The first-order valence-corrected chi connectivity index (χ1v) is 6.90. The van der Waals surface area contributed by atoms with E-state index in [0.717, 1.165) is 11.8 Å². The average Bonchev–Trinajstić information content (AvgIpc) is 2.73. The highest BCUT2D eigenvalue weighted by Crippen LogP contribution is 2.17. The smallest absolute Gasteiger partial charge is 0.313 e. The largest absolute Gasteiger partial charge is 0.481 e. The fourth-order valence-corrected chi connectivity index (χ4v) is 2.01. The number of rotatable bonds is 9. The molecule has 1 aromatic rings. The van der Waals surface area contributed by atoms with E-state index in [0.29, 0.717) is 30.7 Å². The molecule has 19 heavy (non-hydrogen) atoms. The number of carboxylic acid groups (broad SMARTS) is 1. The molecule has 0 aromatic carbocycles. The fraction of sp³-hybridized carbons (Fsp3) is 0.727. The van der Waals surface area contributed by atoms with Gasteiger partial charge in [-0.2, -0.15) is 0 Å². The van der Waals surface area contributed by atoms with Gasteiger partial charge in [-0.15, -0.1) is 10.2 Å². The second-order valence-electron chi connectivity index (χ2n) is 4.09. The minimum absolute atomic E-state index is 0.0455. The molecular weight excluding hydrogens is 270 g/mol. The Hall–Kier alpha value is -1.12. The molecule has 0 spiro atoms. The Bertz CT molecular complexity index is 409. The highest BCUT2D eigenvalue weighted by atomic mass is 32.2. The van der Waals surface area contributed by atoms with Gasteiger partial charge in [-0.3, -0.25) is 4.79 Å². The summed E-state index contributed by atoms with van der Waals surface area (Å²) in [4.78, 5) is 10.6. The third-order valence-corrected chi connectivity index (χ3v) is 3.13. The zero-order chi connectivity index (χ0) is 14.3. The standard InChI is InChI=1S/C11H19N3O4S/c1-8(2)18-6-9-12-13-11(19-7-10(15)16)14(9)4-5-17-3/h8H,4-7H2,1-3H3,(H,15,16). The molecule has 0 aliphatic carbocycles. The van der Waals surface area contributed by atoms with Crippen molar-refractivity contribution in [2.45, 2.75) is 38.3 Å². The summed E-state index contributed by atoms with van der Waals surface area (Å²) in [7, 11) is 1.61. The quantitative estimate of drug-likeness (QED) is 0.679. The summed E-state index contributed by atoms with van der Waals surface area (Å²) in [5.74, 6) is -0.249. The molecule has 1 heterocycles. The van der Waals surface area contributed by atoms with Gasteiger partial charge in [0.15, 0.2) is 11.0 Å². The lowest BCUT2D eigenvalue weighted by Crippen LogP contribution is -2.13. The van der Waals surface area contributed by atoms with Crippen molar-refractivity contribution < 1.29 is 19.4 Å². The van der Waals surface area contributed by atoms with Crippen molar-refractivity contribution in [3.05, 3.63) is 5.82 Å². The van der Waals surface area contributed by atoms with Crippen molar-refractivity contribution in [1.29, 1.82) is 0 Å². The van der Waals surface area contributed by atoms with Crippen LogP contribution in [-0.2, 0) is 27.4 Å². The lowest BCUT2D eigenvalue weighted by molar-refractivity contribution is -0.133. The maximum atomic E-state index is 10.6. The summed E-state index contributed by atoms with van der Waals surface area (Å²) in [6.45, 7) is 5.31. The molecule has 0 bridgehead atoms. The Morgan fingerprint density at radius 1 is 1.47 bits per heavy atom. The Kier molecular flexibility index (Phi) is 6.82. The first-order valence-electron chi connectivity index (χ1n) is 5.91. The van der Waals surface area contributed by atoms with E-state index in [1.807, 2.05) is 18.4 Å². The van der Waals surface area contributed by atoms with Crippen LogP contribution in [-0.4, -0.2) is 51.4 Å². The number of aliphatic carboxylic acids is 1. The number of hydrogen-bond acceptors (Lipinski definition) is 6. The van der Waals surface area contributed by atoms with Gasteiger partial charge in [0.05, 0.1) is 18.5 Å². The van der Waals surface area contributed by atoms with Crippen LogP contribution >= 0.6 is 11.8 Å². The van der Waals surface area contributed by atoms with E-state index in [-0.39, 0.29) is 11.9 Å². The molecule has 0 radical (unpaired) electrons. The van der Waals surface area contributed by atoms with E-state index >= 15 is 0 Å². The van der Waals surface area contributed by atoms with Gasteiger partial charge < -0.3 is 19.1 Å². The lowest BCUT2D eigenvalue weighted by atomic mass is 10.5. The van der Waals surface area contributed by atoms with Crippen molar-refractivity contribution in [2.75, 3.05) is 19.5 Å². The SMILES string of the molecule is COCCn1c(COC(C)C)nnc1SCC(=O)O.